The number of hydrogen-bond donors (Lipinski definition) is 2. The van der Waals surface area contributed by atoms with Crippen molar-refractivity contribution in [2.75, 3.05) is 5.32 Å². The van der Waals surface area contributed by atoms with Gasteiger partial charge in [0.25, 0.3) is 0 Å². The maximum Gasteiger partial charge on any atom is 0.143 e. The zero-order chi connectivity index (χ0) is 26.0. The van der Waals surface area contributed by atoms with E-state index in [9.17, 15) is 5.11 Å². The Bertz CT molecular complexity index is 1110. The van der Waals surface area contributed by atoms with Gasteiger partial charge < -0.3 is 10.4 Å². The van der Waals surface area contributed by atoms with Crippen LogP contribution < -0.4 is 5.32 Å². The van der Waals surface area contributed by atoms with Crippen LogP contribution in [0.4, 0.5) is 10.1 Å². The fraction of sp³-hybridized carbons (Fsp3) is 0.412. The summed E-state index contributed by atoms with van der Waals surface area (Å²) in [4.78, 5) is 0. The van der Waals surface area contributed by atoms with E-state index in [1.807, 2.05) is 36.4 Å². The van der Waals surface area contributed by atoms with Crippen molar-refractivity contribution in [3.8, 4) is 22.3 Å². The van der Waals surface area contributed by atoms with Crippen molar-refractivity contribution < 1.29 is 9.50 Å². The predicted octanol–water partition coefficient (Wildman–Crippen LogP) is 9.40. The van der Waals surface area contributed by atoms with Gasteiger partial charge in [-0.1, -0.05) is 113 Å². The third-order valence-corrected chi connectivity index (χ3v) is 8.01. The molecule has 1 atom stereocenters. The molecule has 1 unspecified atom stereocenters. The van der Waals surface area contributed by atoms with Gasteiger partial charge in [-0.3, -0.25) is 0 Å². The quantitative estimate of drug-likeness (QED) is 0.148. The molecule has 3 aromatic carbocycles. The number of halogens is 1. The second kappa shape index (κ2) is 13.6. The molecular formula is C34H42FNO. The first-order chi connectivity index (χ1) is 18.1. The van der Waals surface area contributed by atoms with Crippen LogP contribution in [0, 0.1) is 17.7 Å². The SMILES string of the molecule is C=CC(O)Nc1ccc(-c2ccc(-c3ccc(CCC4CCC(CCCCC)CC4)cc3)cc2F)cc1. The van der Waals surface area contributed by atoms with E-state index >= 15 is 4.39 Å². The third-order valence-electron chi connectivity index (χ3n) is 8.01. The third kappa shape index (κ3) is 7.79. The molecule has 0 heterocycles. The largest absolute Gasteiger partial charge is 0.370 e. The number of benzene rings is 3. The Morgan fingerprint density at radius 3 is 2.11 bits per heavy atom. The molecule has 2 nitrogen and oxygen atoms in total. The summed E-state index contributed by atoms with van der Waals surface area (Å²) in [6.07, 6.45) is 14.2. The van der Waals surface area contributed by atoms with Crippen molar-refractivity contribution in [1.29, 1.82) is 0 Å². The Morgan fingerprint density at radius 2 is 1.49 bits per heavy atom. The summed E-state index contributed by atoms with van der Waals surface area (Å²) >= 11 is 0. The van der Waals surface area contributed by atoms with Crippen molar-refractivity contribution in [2.24, 2.45) is 11.8 Å². The Kier molecular flexibility index (Phi) is 9.96. The topological polar surface area (TPSA) is 32.3 Å². The number of unbranched alkanes of at least 4 members (excludes halogenated alkanes) is 2. The summed E-state index contributed by atoms with van der Waals surface area (Å²) in [5, 5.41) is 12.5. The number of hydrogen-bond acceptors (Lipinski definition) is 2. The standard InChI is InChI=1S/C34H42FNO/c1-3-5-6-7-25-8-10-26(11-9-25)12-13-27-14-16-28(17-15-27)30-20-23-32(33(35)24-30)29-18-21-31(22-19-29)36-34(37)4-2/h4,14-26,34,36-37H,2-3,5-13H2,1H3. The van der Waals surface area contributed by atoms with Crippen molar-refractivity contribution in [3.63, 3.8) is 0 Å². The molecule has 0 saturated heterocycles. The number of aliphatic hydroxyl groups is 1. The van der Waals surface area contributed by atoms with Crippen LogP contribution in [-0.4, -0.2) is 11.3 Å². The molecule has 0 spiro atoms. The van der Waals surface area contributed by atoms with Gasteiger partial charge in [0.1, 0.15) is 12.0 Å². The number of rotatable bonds is 12. The van der Waals surface area contributed by atoms with E-state index in [4.69, 9.17) is 0 Å². The van der Waals surface area contributed by atoms with Crippen LogP contribution in [0.3, 0.4) is 0 Å². The molecule has 4 rings (SSSR count). The lowest BCUT2D eigenvalue weighted by Crippen LogP contribution is -2.15. The molecule has 0 aromatic heterocycles. The van der Waals surface area contributed by atoms with Crippen LogP contribution in [-0.2, 0) is 6.42 Å². The number of aliphatic hydroxyl groups excluding tert-OH is 1. The van der Waals surface area contributed by atoms with Gasteiger partial charge >= 0.3 is 0 Å². The normalized spacial score (nSPS) is 18.4. The molecule has 1 saturated carbocycles. The van der Waals surface area contributed by atoms with E-state index in [1.54, 1.807) is 6.07 Å². The van der Waals surface area contributed by atoms with Gasteiger partial charge in [-0.25, -0.2) is 4.39 Å². The molecule has 3 heteroatoms. The fourth-order valence-electron chi connectivity index (χ4n) is 5.63. The van der Waals surface area contributed by atoms with Crippen LogP contribution >= 0.6 is 0 Å². The lowest BCUT2D eigenvalue weighted by Gasteiger charge is -2.28. The minimum Gasteiger partial charge on any atom is -0.370 e. The van der Waals surface area contributed by atoms with E-state index in [0.717, 1.165) is 40.6 Å². The summed E-state index contributed by atoms with van der Waals surface area (Å²) in [6.45, 7) is 5.84. The van der Waals surface area contributed by atoms with Gasteiger partial charge in [-0.15, -0.1) is 0 Å². The van der Waals surface area contributed by atoms with Crippen LogP contribution in [0.25, 0.3) is 22.3 Å². The number of anilines is 1. The maximum atomic E-state index is 15.0. The number of nitrogens with one attached hydrogen (secondary N) is 1. The summed E-state index contributed by atoms with van der Waals surface area (Å²) in [5.41, 5.74) is 5.43. The van der Waals surface area contributed by atoms with Crippen LogP contribution in [0.15, 0.2) is 79.4 Å². The Balaban J connectivity index is 1.30. The first kappa shape index (κ1) is 27.1. The molecule has 1 aliphatic rings. The molecule has 196 valence electrons. The predicted molar refractivity (Wildman–Crippen MR) is 155 cm³/mol. The first-order valence-electron chi connectivity index (χ1n) is 14.1. The molecular weight excluding hydrogens is 457 g/mol. The van der Waals surface area contributed by atoms with Crippen LogP contribution in [0.1, 0.15) is 70.3 Å². The summed E-state index contributed by atoms with van der Waals surface area (Å²) in [5.74, 6) is 1.61. The van der Waals surface area contributed by atoms with E-state index in [0.29, 0.717) is 5.56 Å². The Labute approximate surface area is 222 Å². The van der Waals surface area contributed by atoms with Crippen molar-refractivity contribution in [1.82, 2.24) is 0 Å². The Hall–Kier alpha value is -2.91. The van der Waals surface area contributed by atoms with E-state index in [-0.39, 0.29) is 5.82 Å². The molecule has 0 radical (unpaired) electrons. The summed E-state index contributed by atoms with van der Waals surface area (Å²) < 4.78 is 15.0. The van der Waals surface area contributed by atoms with Crippen LogP contribution in [0.5, 0.6) is 0 Å². The molecule has 1 aliphatic carbocycles. The lowest BCUT2D eigenvalue weighted by molar-refractivity contribution is 0.249. The second-order valence-corrected chi connectivity index (χ2v) is 10.7. The van der Waals surface area contributed by atoms with Crippen molar-refractivity contribution >= 4 is 5.69 Å². The lowest BCUT2D eigenvalue weighted by atomic mass is 9.78. The summed E-state index contributed by atoms with van der Waals surface area (Å²) in [6, 6.07) is 21.5. The number of aryl methyl sites for hydroxylation is 1. The molecule has 0 bridgehead atoms. The van der Waals surface area contributed by atoms with Gasteiger partial charge in [0, 0.05) is 11.3 Å². The zero-order valence-electron chi connectivity index (χ0n) is 22.3. The van der Waals surface area contributed by atoms with Gasteiger partial charge in [0.05, 0.1) is 0 Å². The highest BCUT2D eigenvalue weighted by molar-refractivity contribution is 5.72. The molecule has 3 aromatic rings. The van der Waals surface area contributed by atoms with Crippen molar-refractivity contribution in [3.05, 3.63) is 90.8 Å². The molecule has 2 N–H and O–H groups in total. The monoisotopic (exact) mass is 499 g/mol. The first-order valence-corrected chi connectivity index (χ1v) is 14.1. The average molecular weight is 500 g/mol. The smallest absolute Gasteiger partial charge is 0.143 e. The second-order valence-electron chi connectivity index (χ2n) is 10.7. The van der Waals surface area contributed by atoms with Gasteiger partial charge in [0.2, 0.25) is 0 Å². The minimum atomic E-state index is -0.812. The van der Waals surface area contributed by atoms with E-state index in [1.165, 1.54) is 69.4 Å². The van der Waals surface area contributed by atoms with Gasteiger partial charge in [0.15, 0.2) is 0 Å². The van der Waals surface area contributed by atoms with Gasteiger partial charge in [-0.2, -0.15) is 0 Å². The highest BCUT2D eigenvalue weighted by Gasteiger charge is 2.20. The molecule has 37 heavy (non-hydrogen) atoms. The average Bonchev–Trinajstić information content (AvgIpc) is 2.93. The minimum absolute atomic E-state index is 0.237. The van der Waals surface area contributed by atoms with Crippen LogP contribution in [0.2, 0.25) is 0 Å². The molecule has 0 aliphatic heterocycles. The Morgan fingerprint density at radius 1 is 0.865 bits per heavy atom. The van der Waals surface area contributed by atoms with Crippen molar-refractivity contribution in [2.45, 2.75) is 77.4 Å². The molecule has 1 fully saturated rings. The highest BCUT2D eigenvalue weighted by atomic mass is 19.1. The maximum absolute atomic E-state index is 15.0. The zero-order valence-corrected chi connectivity index (χ0v) is 22.3. The molecule has 0 amide bonds. The summed E-state index contributed by atoms with van der Waals surface area (Å²) in [7, 11) is 0. The van der Waals surface area contributed by atoms with E-state index < -0.39 is 6.23 Å². The van der Waals surface area contributed by atoms with Gasteiger partial charge in [-0.05, 0) is 71.2 Å². The highest BCUT2D eigenvalue weighted by Crippen LogP contribution is 2.35. The fourth-order valence-corrected chi connectivity index (χ4v) is 5.63. The van der Waals surface area contributed by atoms with E-state index in [2.05, 4.69) is 43.1 Å².